The molecule has 1 aromatic heterocycles. The van der Waals surface area contributed by atoms with Gasteiger partial charge in [-0.1, -0.05) is 6.07 Å². The molecule has 1 aliphatic rings. The van der Waals surface area contributed by atoms with Crippen LogP contribution in [0, 0.1) is 12.8 Å². The molecule has 0 aliphatic heterocycles. The highest BCUT2D eigenvalue weighted by atomic mass is 15.1. The van der Waals surface area contributed by atoms with Gasteiger partial charge in [0.05, 0.1) is 5.69 Å². The highest BCUT2D eigenvalue weighted by Gasteiger charge is 2.38. The molecule has 1 aliphatic carbocycles. The smallest absolute Gasteiger partial charge is 0.0547 e. The maximum Gasteiger partial charge on any atom is 0.0547 e. The Kier molecular flexibility index (Phi) is 3.50. The van der Waals surface area contributed by atoms with Crippen LogP contribution in [-0.2, 0) is 6.54 Å². The number of hydrogen-bond donors (Lipinski definition) is 1. The number of likely N-dealkylation sites (N-methyl/N-ethyl adjacent to an activating group) is 1. The fraction of sp³-hybridized carbons (Fsp3) is 0.643. The molecule has 1 atom stereocenters. The Morgan fingerprint density at radius 2 is 2.18 bits per heavy atom. The first kappa shape index (κ1) is 12.5. The van der Waals surface area contributed by atoms with Crippen LogP contribution in [0.3, 0.4) is 0 Å². The van der Waals surface area contributed by atoms with Crippen molar-refractivity contribution in [3.05, 3.63) is 29.6 Å². The summed E-state index contributed by atoms with van der Waals surface area (Å²) in [6.45, 7) is 6.01. The van der Waals surface area contributed by atoms with E-state index in [9.17, 15) is 0 Å². The minimum atomic E-state index is -0.0431. The average molecular weight is 233 g/mol. The first-order chi connectivity index (χ1) is 7.97. The standard InChI is InChI=1S/C14H23N3/c1-11-5-4-6-13(16-11)9-17(3)10-14(2,15)12-7-8-12/h4-6,12H,7-10,15H2,1-3H3. The second kappa shape index (κ2) is 4.75. The lowest BCUT2D eigenvalue weighted by atomic mass is 9.97. The normalized spacial score (nSPS) is 19.4. The molecule has 3 heteroatoms. The molecule has 2 rings (SSSR count). The van der Waals surface area contributed by atoms with Crippen molar-refractivity contribution in [2.45, 2.75) is 38.8 Å². The lowest BCUT2D eigenvalue weighted by molar-refractivity contribution is 0.230. The molecule has 0 bridgehead atoms. The van der Waals surface area contributed by atoms with Crippen LogP contribution in [0.4, 0.5) is 0 Å². The summed E-state index contributed by atoms with van der Waals surface area (Å²) in [5.41, 5.74) is 8.50. The maximum absolute atomic E-state index is 6.34. The Morgan fingerprint density at radius 1 is 1.47 bits per heavy atom. The van der Waals surface area contributed by atoms with Gasteiger partial charge in [0, 0.05) is 24.3 Å². The number of nitrogens with zero attached hydrogens (tertiary/aromatic N) is 2. The zero-order valence-corrected chi connectivity index (χ0v) is 11.1. The van der Waals surface area contributed by atoms with Crippen LogP contribution < -0.4 is 5.73 Å². The van der Waals surface area contributed by atoms with Gasteiger partial charge < -0.3 is 5.73 Å². The predicted molar refractivity (Wildman–Crippen MR) is 70.6 cm³/mol. The van der Waals surface area contributed by atoms with E-state index in [4.69, 9.17) is 5.73 Å². The fourth-order valence-corrected chi connectivity index (χ4v) is 2.47. The number of nitrogens with two attached hydrogens (primary N) is 1. The van der Waals surface area contributed by atoms with Gasteiger partial charge in [-0.3, -0.25) is 9.88 Å². The number of aromatic nitrogens is 1. The summed E-state index contributed by atoms with van der Waals surface area (Å²) in [5, 5.41) is 0. The van der Waals surface area contributed by atoms with Gasteiger partial charge in [-0.15, -0.1) is 0 Å². The fourth-order valence-electron chi connectivity index (χ4n) is 2.47. The quantitative estimate of drug-likeness (QED) is 0.845. The van der Waals surface area contributed by atoms with Crippen molar-refractivity contribution in [3.63, 3.8) is 0 Å². The third kappa shape index (κ3) is 3.51. The molecule has 1 aromatic rings. The van der Waals surface area contributed by atoms with Crippen molar-refractivity contribution in [2.75, 3.05) is 13.6 Å². The number of pyridine rings is 1. The minimum Gasteiger partial charge on any atom is -0.324 e. The molecule has 17 heavy (non-hydrogen) atoms. The summed E-state index contributed by atoms with van der Waals surface area (Å²) in [4.78, 5) is 6.80. The first-order valence-corrected chi connectivity index (χ1v) is 6.37. The van der Waals surface area contributed by atoms with Gasteiger partial charge in [-0.2, -0.15) is 0 Å². The van der Waals surface area contributed by atoms with E-state index in [1.807, 2.05) is 13.0 Å². The lowest BCUT2D eigenvalue weighted by Gasteiger charge is -2.30. The van der Waals surface area contributed by atoms with Crippen molar-refractivity contribution in [3.8, 4) is 0 Å². The van der Waals surface area contributed by atoms with E-state index in [1.54, 1.807) is 0 Å². The van der Waals surface area contributed by atoms with E-state index in [1.165, 1.54) is 12.8 Å². The lowest BCUT2D eigenvalue weighted by Crippen LogP contribution is -2.48. The van der Waals surface area contributed by atoms with Gasteiger partial charge in [0.15, 0.2) is 0 Å². The van der Waals surface area contributed by atoms with E-state index in [-0.39, 0.29) is 5.54 Å². The largest absolute Gasteiger partial charge is 0.324 e. The molecule has 3 nitrogen and oxygen atoms in total. The molecule has 1 saturated carbocycles. The third-order valence-corrected chi connectivity index (χ3v) is 3.50. The van der Waals surface area contributed by atoms with Gasteiger partial charge in [0.25, 0.3) is 0 Å². The molecule has 2 N–H and O–H groups in total. The van der Waals surface area contributed by atoms with Crippen molar-refractivity contribution in [1.29, 1.82) is 0 Å². The second-order valence-electron chi connectivity index (χ2n) is 5.72. The molecule has 1 heterocycles. The summed E-state index contributed by atoms with van der Waals surface area (Å²) in [6, 6.07) is 6.17. The predicted octanol–water partition coefficient (Wildman–Crippen LogP) is 1.95. The Labute approximate surface area is 104 Å². The second-order valence-corrected chi connectivity index (χ2v) is 5.72. The van der Waals surface area contributed by atoms with Crippen LogP contribution in [0.2, 0.25) is 0 Å². The van der Waals surface area contributed by atoms with Crippen molar-refractivity contribution in [1.82, 2.24) is 9.88 Å². The van der Waals surface area contributed by atoms with Gasteiger partial charge >= 0.3 is 0 Å². The van der Waals surface area contributed by atoms with Gasteiger partial charge in [-0.05, 0) is 51.8 Å². The van der Waals surface area contributed by atoms with Crippen LogP contribution in [0.15, 0.2) is 18.2 Å². The molecular weight excluding hydrogens is 210 g/mol. The van der Waals surface area contributed by atoms with Crippen LogP contribution in [-0.4, -0.2) is 29.0 Å². The van der Waals surface area contributed by atoms with Gasteiger partial charge in [-0.25, -0.2) is 0 Å². The number of hydrogen-bond acceptors (Lipinski definition) is 3. The summed E-state index contributed by atoms with van der Waals surface area (Å²) < 4.78 is 0. The Bertz CT molecular complexity index is 383. The zero-order chi connectivity index (χ0) is 12.5. The van der Waals surface area contributed by atoms with Crippen LogP contribution >= 0.6 is 0 Å². The van der Waals surface area contributed by atoms with E-state index >= 15 is 0 Å². The Hall–Kier alpha value is -0.930. The summed E-state index contributed by atoms with van der Waals surface area (Å²) in [7, 11) is 2.12. The SMILES string of the molecule is Cc1cccc(CN(C)CC(C)(N)C2CC2)n1. The van der Waals surface area contributed by atoms with Gasteiger partial charge in [0.2, 0.25) is 0 Å². The topological polar surface area (TPSA) is 42.1 Å². The molecule has 1 fully saturated rings. The molecule has 0 aromatic carbocycles. The minimum absolute atomic E-state index is 0.0431. The monoisotopic (exact) mass is 233 g/mol. The van der Waals surface area contributed by atoms with Crippen molar-refractivity contribution in [2.24, 2.45) is 11.7 Å². The molecule has 1 unspecified atom stereocenters. The Morgan fingerprint density at radius 3 is 2.76 bits per heavy atom. The van der Waals surface area contributed by atoms with E-state index in [0.29, 0.717) is 0 Å². The zero-order valence-electron chi connectivity index (χ0n) is 11.1. The van der Waals surface area contributed by atoms with Crippen molar-refractivity contribution >= 4 is 0 Å². The first-order valence-electron chi connectivity index (χ1n) is 6.37. The highest BCUT2D eigenvalue weighted by molar-refractivity contribution is 5.10. The van der Waals surface area contributed by atoms with E-state index in [2.05, 4.69) is 36.0 Å². The molecule has 0 saturated heterocycles. The van der Waals surface area contributed by atoms with E-state index in [0.717, 1.165) is 30.4 Å². The summed E-state index contributed by atoms with van der Waals surface area (Å²) in [6.07, 6.45) is 2.59. The Balaban J connectivity index is 1.90. The van der Waals surface area contributed by atoms with E-state index < -0.39 is 0 Å². The van der Waals surface area contributed by atoms with Crippen LogP contribution in [0.25, 0.3) is 0 Å². The molecular formula is C14H23N3. The van der Waals surface area contributed by atoms with Crippen molar-refractivity contribution < 1.29 is 0 Å². The van der Waals surface area contributed by atoms with Crippen LogP contribution in [0.5, 0.6) is 0 Å². The van der Waals surface area contributed by atoms with Crippen LogP contribution in [0.1, 0.15) is 31.2 Å². The third-order valence-electron chi connectivity index (χ3n) is 3.50. The number of aryl methyl sites for hydroxylation is 1. The molecule has 0 radical (unpaired) electrons. The summed E-state index contributed by atoms with van der Waals surface area (Å²) in [5.74, 6) is 0.718. The highest BCUT2D eigenvalue weighted by Crippen LogP contribution is 2.38. The maximum atomic E-state index is 6.34. The molecule has 0 spiro atoms. The molecule has 94 valence electrons. The molecule has 0 amide bonds. The average Bonchev–Trinajstić information content (AvgIpc) is 2.98. The number of rotatable bonds is 5. The summed E-state index contributed by atoms with van der Waals surface area (Å²) >= 11 is 0. The van der Waals surface area contributed by atoms with Gasteiger partial charge in [0.1, 0.15) is 0 Å².